The number of hydrogen-bond donors (Lipinski definition) is 0. The highest BCUT2D eigenvalue weighted by atomic mass is 32.1. The molecule has 0 unspecified atom stereocenters. The molecular weight excluding hydrogens is 384 g/mol. The van der Waals surface area contributed by atoms with Gasteiger partial charge in [-0.3, -0.25) is 4.79 Å². The Balaban J connectivity index is 1.32. The van der Waals surface area contributed by atoms with Gasteiger partial charge < -0.3 is 9.64 Å². The van der Waals surface area contributed by atoms with Crippen LogP contribution in [-0.2, 0) is 4.79 Å². The number of thiazole rings is 1. The second kappa shape index (κ2) is 8.41. The largest absolute Gasteiger partial charge is 0.426 e. The zero-order valence-corrected chi connectivity index (χ0v) is 16.9. The van der Waals surface area contributed by atoms with E-state index in [0.717, 1.165) is 48.0 Å². The molecule has 0 atom stereocenters. The third-order valence-electron chi connectivity index (χ3n) is 4.97. The molecule has 3 aromatic rings. The number of esters is 1. The first kappa shape index (κ1) is 19.1. The van der Waals surface area contributed by atoms with Crippen molar-refractivity contribution in [1.82, 2.24) is 9.97 Å². The molecule has 4 rings (SSSR count). The zero-order chi connectivity index (χ0) is 20.2. The van der Waals surface area contributed by atoms with E-state index in [2.05, 4.69) is 20.9 Å². The van der Waals surface area contributed by atoms with E-state index in [1.54, 1.807) is 23.6 Å². The number of aromatic nitrogens is 2. The van der Waals surface area contributed by atoms with Crippen LogP contribution in [0.4, 0.5) is 5.82 Å². The van der Waals surface area contributed by atoms with Gasteiger partial charge in [-0.15, -0.1) is 11.3 Å². The number of aryl methyl sites for hydroxylation is 1. The van der Waals surface area contributed by atoms with E-state index in [9.17, 15) is 4.79 Å². The number of anilines is 1. The van der Waals surface area contributed by atoms with Gasteiger partial charge in [0.05, 0.1) is 11.5 Å². The van der Waals surface area contributed by atoms with E-state index in [4.69, 9.17) is 10.00 Å². The van der Waals surface area contributed by atoms with Crippen LogP contribution < -0.4 is 9.64 Å². The summed E-state index contributed by atoms with van der Waals surface area (Å²) in [4.78, 5) is 23.5. The van der Waals surface area contributed by atoms with E-state index in [-0.39, 0.29) is 11.9 Å². The molecule has 1 aliphatic rings. The first-order chi connectivity index (χ1) is 14.1. The van der Waals surface area contributed by atoms with E-state index >= 15 is 0 Å². The summed E-state index contributed by atoms with van der Waals surface area (Å²) in [5.41, 5.74) is 2.57. The van der Waals surface area contributed by atoms with Gasteiger partial charge in [-0.25, -0.2) is 9.97 Å². The Morgan fingerprint density at radius 1 is 1.21 bits per heavy atom. The van der Waals surface area contributed by atoms with Crippen LogP contribution in [0.5, 0.6) is 5.75 Å². The molecule has 3 heterocycles. The van der Waals surface area contributed by atoms with Crippen molar-refractivity contribution in [3.05, 3.63) is 59.2 Å². The lowest BCUT2D eigenvalue weighted by Gasteiger charge is -2.31. The molecule has 2 aromatic heterocycles. The molecule has 0 bridgehead atoms. The normalized spacial score (nSPS) is 14.4. The van der Waals surface area contributed by atoms with Gasteiger partial charge in [-0.2, -0.15) is 5.26 Å². The third kappa shape index (κ3) is 4.44. The summed E-state index contributed by atoms with van der Waals surface area (Å²) < 4.78 is 5.60. The van der Waals surface area contributed by atoms with Gasteiger partial charge in [-0.1, -0.05) is 0 Å². The first-order valence-electron chi connectivity index (χ1n) is 9.48. The van der Waals surface area contributed by atoms with Gasteiger partial charge in [0.15, 0.2) is 0 Å². The Labute approximate surface area is 173 Å². The Kier molecular flexibility index (Phi) is 5.54. The molecule has 0 amide bonds. The number of nitrogens with zero attached hydrogens (tertiary/aromatic N) is 4. The number of rotatable bonds is 4. The SMILES string of the molecule is Cc1csc(-c2ccc(OC(=O)C3CCN(c4ccc(C#N)cn4)CC3)cc2)n1. The topological polar surface area (TPSA) is 79.1 Å². The molecule has 29 heavy (non-hydrogen) atoms. The molecule has 6 nitrogen and oxygen atoms in total. The number of piperidine rings is 1. The van der Waals surface area contributed by atoms with E-state index < -0.39 is 0 Å². The van der Waals surface area contributed by atoms with Crippen molar-refractivity contribution in [3.63, 3.8) is 0 Å². The number of nitriles is 1. The highest BCUT2D eigenvalue weighted by molar-refractivity contribution is 7.13. The molecule has 146 valence electrons. The molecule has 1 aromatic carbocycles. The van der Waals surface area contributed by atoms with Crippen molar-refractivity contribution >= 4 is 23.1 Å². The fourth-order valence-electron chi connectivity index (χ4n) is 3.34. The minimum absolute atomic E-state index is 0.120. The number of carbonyl (C=O) groups is 1. The standard InChI is InChI=1S/C22H20N4O2S/c1-15-14-29-21(25-15)17-3-5-19(6-4-17)28-22(27)18-8-10-26(11-9-18)20-7-2-16(12-23)13-24-20/h2-7,13-14,18H,8-11H2,1H3. The van der Waals surface area contributed by atoms with Crippen molar-refractivity contribution in [2.75, 3.05) is 18.0 Å². The molecule has 0 N–H and O–H groups in total. The highest BCUT2D eigenvalue weighted by Crippen LogP contribution is 2.27. The summed E-state index contributed by atoms with van der Waals surface area (Å²) in [6, 6.07) is 13.2. The maximum Gasteiger partial charge on any atom is 0.314 e. The van der Waals surface area contributed by atoms with Crippen LogP contribution in [0.3, 0.4) is 0 Å². The lowest BCUT2D eigenvalue weighted by Crippen LogP contribution is -2.38. The third-order valence-corrected chi connectivity index (χ3v) is 5.98. The molecule has 0 saturated carbocycles. The molecular formula is C22H20N4O2S. The van der Waals surface area contributed by atoms with Crippen LogP contribution >= 0.6 is 11.3 Å². The van der Waals surface area contributed by atoms with E-state index in [1.807, 2.05) is 42.6 Å². The quantitative estimate of drug-likeness (QED) is 0.479. The van der Waals surface area contributed by atoms with Crippen molar-refractivity contribution in [1.29, 1.82) is 5.26 Å². The summed E-state index contributed by atoms with van der Waals surface area (Å²) in [5.74, 6) is 1.09. The maximum absolute atomic E-state index is 12.5. The lowest BCUT2D eigenvalue weighted by molar-refractivity contribution is -0.139. The van der Waals surface area contributed by atoms with Crippen LogP contribution in [-0.4, -0.2) is 29.0 Å². The second-order valence-electron chi connectivity index (χ2n) is 7.02. The summed E-state index contributed by atoms with van der Waals surface area (Å²) in [7, 11) is 0. The fraction of sp³-hybridized carbons (Fsp3) is 0.273. The monoisotopic (exact) mass is 404 g/mol. The molecule has 0 aliphatic carbocycles. The average molecular weight is 404 g/mol. The Morgan fingerprint density at radius 2 is 1.97 bits per heavy atom. The molecule has 1 saturated heterocycles. The first-order valence-corrected chi connectivity index (χ1v) is 10.4. The van der Waals surface area contributed by atoms with Crippen LogP contribution in [0.25, 0.3) is 10.6 Å². The molecule has 0 radical (unpaired) electrons. The molecule has 7 heteroatoms. The van der Waals surface area contributed by atoms with Crippen LogP contribution in [0.2, 0.25) is 0 Å². The predicted octanol–water partition coefficient (Wildman–Crippen LogP) is 4.21. The number of benzene rings is 1. The van der Waals surface area contributed by atoms with Gasteiger partial charge in [0.2, 0.25) is 0 Å². The van der Waals surface area contributed by atoms with Gasteiger partial charge in [-0.05, 0) is 56.2 Å². The number of ether oxygens (including phenoxy) is 1. The number of hydrogen-bond acceptors (Lipinski definition) is 7. The van der Waals surface area contributed by atoms with Gasteiger partial charge >= 0.3 is 5.97 Å². The van der Waals surface area contributed by atoms with Crippen LogP contribution in [0, 0.1) is 24.2 Å². The predicted molar refractivity (Wildman–Crippen MR) is 112 cm³/mol. The maximum atomic E-state index is 12.5. The number of carbonyl (C=O) groups excluding carboxylic acids is 1. The summed E-state index contributed by atoms with van der Waals surface area (Å²) in [5, 5.41) is 11.9. The summed E-state index contributed by atoms with van der Waals surface area (Å²) in [6.45, 7) is 3.45. The minimum atomic E-state index is -0.185. The fourth-order valence-corrected chi connectivity index (χ4v) is 4.14. The van der Waals surface area contributed by atoms with Gasteiger partial charge in [0.25, 0.3) is 0 Å². The Morgan fingerprint density at radius 3 is 2.55 bits per heavy atom. The highest BCUT2D eigenvalue weighted by Gasteiger charge is 2.27. The molecule has 1 fully saturated rings. The average Bonchev–Trinajstić information content (AvgIpc) is 3.21. The zero-order valence-electron chi connectivity index (χ0n) is 16.0. The summed E-state index contributed by atoms with van der Waals surface area (Å²) in [6.07, 6.45) is 3.01. The van der Waals surface area contributed by atoms with E-state index in [0.29, 0.717) is 11.3 Å². The van der Waals surface area contributed by atoms with Crippen LogP contribution in [0.1, 0.15) is 24.1 Å². The van der Waals surface area contributed by atoms with Crippen LogP contribution in [0.15, 0.2) is 48.0 Å². The molecule has 1 aliphatic heterocycles. The lowest BCUT2D eigenvalue weighted by atomic mass is 9.97. The van der Waals surface area contributed by atoms with Crippen molar-refractivity contribution < 1.29 is 9.53 Å². The van der Waals surface area contributed by atoms with Crippen molar-refractivity contribution in [2.24, 2.45) is 5.92 Å². The van der Waals surface area contributed by atoms with Gasteiger partial charge in [0.1, 0.15) is 22.6 Å². The van der Waals surface area contributed by atoms with Crippen molar-refractivity contribution in [2.45, 2.75) is 19.8 Å². The summed E-state index contributed by atoms with van der Waals surface area (Å²) >= 11 is 1.60. The second-order valence-corrected chi connectivity index (χ2v) is 7.88. The smallest absolute Gasteiger partial charge is 0.314 e. The van der Waals surface area contributed by atoms with Crippen molar-refractivity contribution in [3.8, 4) is 22.4 Å². The van der Waals surface area contributed by atoms with E-state index in [1.165, 1.54) is 0 Å². The Hall–Kier alpha value is -3.24. The molecule has 0 spiro atoms. The Bertz CT molecular complexity index is 1030. The number of pyridine rings is 1. The minimum Gasteiger partial charge on any atom is -0.426 e. The van der Waals surface area contributed by atoms with Gasteiger partial charge in [0, 0.05) is 35.9 Å².